The first-order valence-electron chi connectivity index (χ1n) is 8.34. The second-order valence-electron chi connectivity index (χ2n) is 6.71. The summed E-state index contributed by atoms with van der Waals surface area (Å²) in [4.78, 5) is 18.2. The summed E-state index contributed by atoms with van der Waals surface area (Å²) in [6.45, 7) is 1.06. The molecule has 4 heterocycles. The molecule has 2 saturated heterocycles. The van der Waals surface area contributed by atoms with Crippen molar-refractivity contribution in [2.45, 2.75) is 22.7 Å². The highest BCUT2D eigenvalue weighted by Gasteiger charge is 2.49. The van der Waals surface area contributed by atoms with Gasteiger partial charge in [-0.3, -0.25) is 4.98 Å². The lowest BCUT2D eigenvalue weighted by atomic mass is 9.94. The molecule has 1 spiro atoms. The predicted molar refractivity (Wildman–Crippen MR) is 97.4 cm³/mol. The maximum absolute atomic E-state index is 13.1. The van der Waals surface area contributed by atoms with Gasteiger partial charge in [-0.15, -0.1) is 11.3 Å². The molecular weight excluding hydrogens is 374 g/mol. The highest BCUT2D eigenvalue weighted by Crippen LogP contribution is 2.36. The third kappa shape index (κ3) is 3.00. The Labute approximate surface area is 156 Å². The molecule has 0 bridgehead atoms. The third-order valence-electron chi connectivity index (χ3n) is 4.77. The van der Waals surface area contributed by atoms with Gasteiger partial charge >= 0.3 is 6.09 Å². The molecule has 138 valence electrons. The van der Waals surface area contributed by atoms with E-state index in [1.807, 2.05) is 12.1 Å². The van der Waals surface area contributed by atoms with E-state index in [2.05, 4.69) is 4.98 Å². The van der Waals surface area contributed by atoms with E-state index in [0.717, 1.165) is 10.4 Å². The largest absolute Gasteiger partial charge is 0.439 e. The van der Waals surface area contributed by atoms with E-state index in [-0.39, 0.29) is 12.6 Å². The lowest BCUT2D eigenvalue weighted by Crippen LogP contribution is -2.52. The number of likely N-dealkylation sites (N-methyl/N-ethyl adjacent to an activating group) is 1. The Kier molecular flexibility index (Phi) is 4.25. The molecule has 2 aliphatic heterocycles. The summed E-state index contributed by atoms with van der Waals surface area (Å²) in [5, 5.41) is 0. The van der Waals surface area contributed by atoms with Crippen molar-refractivity contribution in [1.29, 1.82) is 0 Å². The lowest BCUT2D eigenvalue weighted by molar-refractivity contribution is 0.0143. The van der Waals surface area contributed by atoms with Gasteiger partial charge in [0.05, 0.1) is 13.1 Å². The quantitative estimate of drug-likeness (QED) is 0.800. The van der Waals surface area contributed by atoms with Crippen LogP contribution in [0.1, 0.15) is 12.8 Å². The molecule has 2 aromatic heterocycles. The molecule has 1 unspecified atom stereocenters. The van der Waals surface area contributed by atoms with Crippen molar-refractivity contribution < 1.29 is 17.9 Å². The summed E-state index contributed by atoms with van der Waals surface area (Å²) in [6.07, 6.45) is 4.36. The molecule has 26 heavy (non-hydrogen) atoms. The van der Waals surface area contributed by atoms with Gasteiger partial charge in [-0.05, 0) is 31.0 Å². The van der Waals surface area contributed by atoms with Gasteiger partial charge in [-0.25, -0.2) is 13.2 Å². The fourth-order valence-corrected chi connectivity index (χ4v) is 6.52. The van der Waals surface area contributed by atoms with Crippen molar-refractivity contribution in [2.24, 2.45) is 0 Å². The van der Waals surface area contributed by atoms with Crippen LogP contribution in [0.5, 0.6) is 0 Å². The Morgan fingerprint density at radius 3 is 2.81 bits per heavy atom. The minimum atomic E-state index is -3.63. The average Bonchev–Trinajstić information content (AvgIpc) is 3.22. The van der Waals surface area contributed by atoms with Gasteiger partial charge < -0.3 is 9.64 Å². The van der Waals surface area contributed by atoms with Gasteiger partial charge in [-0.2, -0.15) is 4.31 Å². The van der Waals surface area contributed by atoms with Crippen LogP contribution < -0.4 is 0 Å². The maximum atomic E-state index is 13.1. The van der Waals surface area contributed by atoms with Crippen LogP contribution >= 0.6 is 11.3 Å². The lowest BCUT2D eigenvalue weighted by Gasteiger charge is -2.37. The maximum Gasteiger partial charge on any atom is 0.410 e. The topological polar surface area (TPSA) is 79.8 Å². The molecular formula is C17H19N3O4S2. The van der Waals surface area contributed by atoms with E-state index in [0.29, 0.717) is 30.1 Å². The molecule has 7 nitrogen and oxygen atoms in total. The Balaban J connectivity index is 1.59. The average molecular weight is 393 g/mol. The minimum absolute atomic E-state index is 0.200. The van der Waals surface area contributed by atoms with Crippen LogP contribution in [0, 0.1) is 0 Å². The molecule has 2 aliphatic rings. The second kappa shape index (κ2) is 6.33. The Bertz CT molecular complexity index is 928. The number of nitrogens with zero attached hydrogens (tertiary/aromatic N) is 3. The van der Waals surface area contributed by atoms with Crippen molar-refractivity contribution in [2.75, 3.05) is 26.7 Å². The molecule has 4 rings (SSSR count). The second-order valence-corrected chi connectivity index (χ2v) is 9.96. The molecule has 0 saturated carbocycles. The first-order chi connectivity index (χ1) is 12.4. The fraction of sp³-hybridized carbons (Fsp3) is 0.412. The van der Waals surface area contributed by atoms with Crippen LogP contribution in [0.15, 0.2) is 40.9 Å². The number of rotatable bonds is 3. The number of hydrogen-bond donors (Lipinski definition) is 0. The molecule has 1 atom stereocenters. The number of hydrogen-bond acceptors (Lipinski definition) is 6. The Hall–Kier alpha value is -1.97. The van der Waals surface area contributed by atoms with E-state index in [1.165, 1.54) is 20.5 Å². The third-order valence-corrected chi connectivity index (χ3v) is 8.21. The van der Waals surface area contributed by atoms with Gasteiger partial charge in [0.2, 0.25) is 0 Å². The van der Waals surface area contributed by atoms with E-state index in [9.17, 15) is 13.2 Å². The highest BCUT2D eigenvalue weighted by atomic mass is 32.2. The smallest absolute Gasteiger partial charge is 0.410 e. The van der Waals surface area contributed by atoms with Gasteiger partial charge in [0.25, 0.3) is 10.0 Å². The molecule has 2 fully saturated rings. The number of aromatic nitrogens is 1. The summed E-state index contributed by atoms with van der Waals surface area (Å²) in [7, 11) is -1.96. The fourth-order valence-electron chi connectivity index (χ4n) is 3.52. The Morgan fingerprint density at radius 2 is 2.12 bits per heavy atom. The number of carbonyl (C=O) groups is 1. The zero-order valence-electron chi connectivity index (χ0n) is 14.3. The summed E-state index contributed by atoms with van der Waals surface area (Å²) < 4.78 is 33.5. The minimum Gasteiger partial charge on any atom is -0.439 e. The highest BCUT2D eigenvalue weighted by molar-refractivity contribution is 7.91. The molecule has 0 N–H and O–H groups in total. The van der Waals surface area contributed by atoms with Crippen LogP contribution in [0.2, 0.25) is 0 Å². The number of piperidine rings is 1. The van der Waals surface area contributed by atoms with Gasteiger partial charge in [0.1, 0.15) is 9.81 Å². The number of pyridine rings is 1. The Morgan fingerprint density at radius 1 is 1.27 bits per heavy atom. The van der Waals surface area contributed by atoms with Crippen molar-refractivity contribution in [3.05, 3.63) is 36.7 Å². The number of sulfonamides is 1. The first kappa shape index (κ1) is 17.4. The summed E-state index contributed by atoms with van der Waals surface area (Å²) in [6, 6.07) is 7.16. The summed E-state index contributed by atoms with van der Waals surface area (Å²) in [5.74, 6) is 0. The van der Waals surface area contributed by atoms with E-state index in [1.54, 1.807) is 31.6 Å². The van der Waals surface area contributed by atoms with Gasteiger partial charge in [0, 0.05) is 36.4 Å². The monoisotopic (exact) mass is 393 g/mol. The number of ether oxygens (including phenoxy) is 1. The zero-order chi connectivity index (χ0) is 18.4. The molecule has 1 amide bonds. The van der Waals surface area contributed by atoms with Crippen LogP contribution in [0.25, 0.3) is 10.4 Å². The van der Waals surface area contributed by atoms with E-state index in [4.69, 9.17) is 4.74 Å². The zero-order valence-corrected chi connectivity index (χ0v) is 15.9. The van der Waals surface area contributed by atoms with E-state index < -0.39 is 15.6 Å². The molecule has 2 aromatic rings. The van der Waals surface area contributed by atoms with Crippen LogP contribution in [-0.4, -0.2) is 61.0 Å². The molecule has 0 radical (unpaired) electrons. The normalized spacial score (nSPS) is 24.2. The summed E-state index contributed by atoms with van der Waals surface area (Å²) >= 11 is 1.23. The van der Waals surface area contributed by atoms with Crippen molar-refractivity contribution in [3.8, 4) is 10.4 Å². The number of carbonyl (C=O) groups excluding carboxylic acids is 1. The van der Waals surface area contributed by atoms with Crippen molar-refractivity contribution in [3.63, 3.8) is 0 Å². The molecule has 0 aromatic carbocycles. The SMILES string of the molecule is CN1CC2(CCCN(S(=O)(=O)c3ccc(-c4cccnc4)s3)C2)OC1=O. The number of amides is 1. The van der Waals surface area contributed by atoms with Gasteiger partial charge in [0.15, 0.2) is 0 Å². The summed E-state index contributed by atoms with van der Waals surface area (Å²) in [5.41, 5.74) is 0.154. The van der Waals surface area contributed by atoms with Crippen molar-refractivity contribution in [1.82, 2.24) is 14.2 Å². The number of thiophene rings is 1. The molecule has 0 aliphatic carbocycles. The predicted octanol–water partition coefficient (Wildman–Crippen LogP) is 2.42. The standard InChI is InChI=1S/C17H19N3O4S2/c1-19-11-17(24-16(19)21)7-3-9-20(12-17)26(22,23)15-6-5-14(25-15)13-4-2-8-18-10-13/h2,4-6,8,10H,3,7,9,11-12H2,1H3. The van der Waals surface area contributed by atoms with Crippen molar-refractivity contribution >= 4 is 27.5 Å². The van der Waals surface area contributed by atoms with Crippen LogP contribution in [0.3, 0.4) is 0 Å². The molecule has 9 heteroatoms. The van der Waals surface area contributed by atoms with Crippen LogP contribution in [0.4, 0.5) is 4.79 Å². The first-order valence-corrected chi connectivity index (χ1v) is 10.6. The van der Waals surface area contributed by atoms with Gasteiger partial charge in [-0.1, -0.05) is 6.07 Å². The van der Waals surface area contributed by atoms with E-state index >= 15 is 0 Å². The van der Waals surface area contributed by atoms with Crippen LogP contribution in [-0.2, 0) is 14.8 Å².